The third kappa shape index (κ3) is 5.90. The molecule has 5 rings (SSSR count). The Morgan fingerprint density at radius 3 is 2.55 bits per heavy atom. The number of hydrogen-bond acceptors (Lipinski definition) is 4. The number of rotatable bonds is 6. The van der Waals surface area contributed by atoms with Crippen LogP contribution < -0.4 is 9.47 Å². The molecule has 0 radical (unpaired) electrons. The van der Waals surface area contributed by atoms with E-state index >= 15 is 0 Å². The first kappa shape index (κ1) is 25.2. The number of carbonyl (C=O) groups excluding carboxylic acids is 1. The highest BCUT2D eigenvalue weighted by Gasteiger charge is 2.32. The van der Waals surface area contributed by atoms with E-state index in [0.29, 0.717) is 29.4 Å². The first-order valence-corrected chi connectivity index (χ1v) is 13.1. The second kappa shape index (κ2) is 12.2. The molecule has 0 saturated carbocycles. The number of nitrogens with zero attached hydrogens (tertiary/aromatic N) is 2. The van der Waals surface area contributed by atoms with Crippen molar-refractivity contribution >= 4 is 17.8 Å². The van der Waals surface area contributed by atoms with Crippen molar-refractivity contribution in [1.82, 2.24) is 4.90 Å². The fourth-order valence-electron chi connectivity index (χ4n) is 4.64. The monoisotopic (exact) mass is 502 g/mol. The molecule has 2 aliphatic rings. The van der Waals surface area contributed by atoms with Gasteiger partial charge in [-0.3, -0.25) is 9.79 Å². The van der Waals surface area contributed by atoms with E-state index in [0.717, 1.165) is 55.3 Å². The Bertz CT molecular complexity index is 1450. The SMILES string of the molecule is COc1cc2c(cc1OCCCCC#Cc1ccccc1C#Cc1ccccc1)N=C[C@@H]1CCCN1C2=O. The largest absolute Gasteiger partial charge is 0.493 e. The number of carbonyl (C=O) groups is 1. The minimum absolute atomic E-state index is 0.0102. The number of aliphatic imine (C=N–C) groups is 1. The van der Waals surface area contributed by atoms with Gasteiger partial charge in [0.2, 0.25) is 0 Å². The van der Waals surface area contributed by atoms with E-state index in [-0.39, 0.29) is 11.9 Å². The van der Waals surface area contributed by atoms with Crippen LogP contribution in [-0.4, -0.2) is 43.3 Å². The van der Waals surface area contributed by atoms with Gasteiger partial charge in [0.05, 0.1) is 31.0 Å². The maximum atomic E-state index is 13.0. The van der Waals surface area contributed by atoms with Gasteiger partial charge in [-0.05, 0) is 56.0 Å². The molecule has 0 spiro atoms. The summed E-state index contributed by atoms with van der Waals surface area (Å²) in [6, 6.07) is 21.6. The highest BCUT2D eigenvalue weighted by Crippen LogP contribution is 2.38. The second-order valence-electron chi connectivity index (χ2n) is 9.28. The number of hydrogen-bond donors (Lipinski definition) is 0. The van der Waals surface area contributed by atoms with E-state index in [4.69, 9.17) is 9.47 Å². The van der Waals surface area contributed by atoms with E-state index in [1.54, 1.807) is 13.2 Å². The summed E-state index contributed by atoms with van der Waals surface area (Å²) in [6.07, 6.45) is 6.38. The van der Waals surface area contributed by atoms with Gasteiger partial charge in [-0.15, -0.1) is 0 Å². The van der Waals surface area contributed by atoms with Crippen LogP contribution in [-0.2, 0) is 0 Å². The molecular formula is C33H30N2O3. The maximum absolute atomic E-state index is 13.0. The predicted molar refractivity (Wildman–Crippen MR) is 150 cm³/mol. The van der Waals surface area contributed by atoms with E-state index in [9.17, 15) is 4.79 Å². The van der Waals surface area contributed by atoms with Gasteiger partial charge >= 0.3 is 0 Å². The highest BCUT2D eigenvalue weighted by atomic mass is 16.5. The normalized spacial score (nSPS) is 15.3. The Balaban J connectivity index is 1.16. The summed E-state index contributed by atoms with van der Waals surface area (Å²) >= 11 is 0. The quantitative estimate of drug-likeness (QED) is 0.306. The molecule has 3 aromatic rings. The Kier molecular flexibility index (Phi) is 8.07. The zero-order chi connectivity index (χ0) is 26.2. The summed E-state index contributed by atoms with van der Waals surface area (Å²) in [7, 11) is 1.59. The van der Waals surface area contributed by atoms with Gasteiger partial charge in [-0.1, -0.05) is 54.0 Å². The number of amides is 1. The molecule has 5 nitrogen and oxygen atoms in total. The van der Waals surface area contributed by atoms with Crippen LogP contribution in [0.1, 0.15) is 59.2 Å². The lowest BCUT2D eigenvalue weighted by Crippen LogP contribution is -2.35. The van der Waals surface area contributed by atoms with Crippen LogP contribution >= 0.6 is 0 Å². The average molecular weight is 503 g/mol. The van der Waals surface area contributed by atoms with E-state index < -0.39 is 0 Å². The van der Waals surface area contributed by atoms with Gasteiger partial charge < -0.3 is 14.4 Å². The van der Waals surface area contributed by atoms with E-state index in [2.05, 4.69) is 28.7 Å². The van der Waals surface area contributed by atoms with Crippen LogP contribution in [0.2, 0.25) is 0 Å². The van der Waals surface area contributed by atoms with Crippen LogP contribution in [0.3, 0.4) is 0 Å². The van der Waals surface area contributed by atoms with Gasteiger partial charge in [0.25, 0.3) is 5.91 Å². The van der Waals surface area contributed by atoms with Crippen LogP contribution in [0.5, 0.6) is 11.5 Å². The third-order valence-corrected chi connectivity index (χ3v) is 6.68. The summed E-state index contributed by atoms with van der Waals surface area (Å²) in [5.41, 5.74) is 4.07. The zero-order valence-electron chi connectivity index (χ0n) is 21.6. The molecule has 1 saturated heterocycles. The lowest BCUT2D eigenvalue weighted by Gasteiger charge is -2.20. The highest BCUT2D eigenvalue weighted by molar-refractivity contribution is 6.03. The lowest BCUT2D eigenvalue weighted by atomic mass is 10.1. The Morgan fingerprint density at radius 2 is 1.74 bits per heavy atom. The second-order valence-corrected chi connectivity index (χ2v) is 9.28. The van der Waals surface area contributed by atoms with Crippen LogP contribution in [0.4, 0.5) is 5.69 Å². The average Bonchev–Trinajstić information content (AvgIpc) is 3.39. The van der Waals surface area contributed by atoms with Crippen molar-refractivity contribution in [3.8, 4) is 35.2 Å². The standard InChI is InChI=1S/C33H30N2O3/c1-37-31-22-29-30(34-24-28-17-11-20-35(28)33(29)36)23-32(31)38-21-10-3-2-7-14-26-15-8-9-16-27(26)19-18-25-12-5-4-6-13-25/h4-6,8-9,12-13,15-16,22-24,28H,2-3,10-11,17,20-21H2,1H3/t28-/m0/s1. The number of benzene rings is 3. The topological polar surface area (TPSA) is 51.1 Å². The molecule has 1 atom stereocenters. The van der Waals surface area contributed by atoms with Gasteiger partial charge in [0.1, 0.15) is 0 Å². The molecular weight excluding hydrogens is 472 g/mol. The van der Waals surface area contributed by atoms with Crippen molar-refractivity contribution in [1.29, 1.82) is 0 Å². The van der Waals surface area contributed by atoms with Gasteiger partial charge in [0.15, 0.2) is 11.5 Å². The summed E-state index contributed by atoms with van der Waals surface area (Å²) in [5, 5.41) is 0. The summed E-state index contributed by atoms with van der Waals surface area (Å²) in [4.78, 5) is 19.5. The van der Waals surface area contributed by atoms with Gasteiger partial charge in [-0.2, -0.15) is 0 Å². The van der Waals surface area contributed by atoms with Crippen LogP contribution in [0.15, 0.2) is 71.7 Å². The molecule has 0 aromatic heterocycles. The molecule has 2 heterocycles. The summed E-state index contributed by atoms with van der Waals surface area (Å²) < 4.78 is 11.6. The third-order valence-electron chi connectivity index (χ3n) is 6.68. The van der Waals surface area contributed by atoms with Crippen molar-refractivity contribution in [3.63, 3.8) is 0 Å². The van der Waals surface area contributed by atoms with Gasteiger partial charge in [-0.25, -0.2) is 0 Å². The van der Waals surface area contributed by atoms with Crippen molar-refractivity contribution < 1.29 is 14.3 Å². The fourth-order valence-corrected chi connectivity index (χ4v) is 4.64. The Hall–Kier alpha value is -4.48. The van der Waals surface area contributed by atoms with Crippen LogP contribution in [0, 0.1) is 23.7 Å². The predicted octanol–water partition coefficient (Wildman–Crippen LogP) is 6.02. The maximum Gasteiger partial charge on any atom is 0.256 e. The molecule has 190 valence electrons. The van der Waals surface area contributed by atoms with E-state index in [1.807, 2.05) is 71.8 Å². The molecule has 1 amide bonds. The number of unbranched alkanes of at least 4 members (excludes halogenated alkanes) is 2. The molecule has 0 aliphatic carbocycles. The van der Waals surface area contributed by atoms with Crippen molar-refractivity contribution in [2.24, 2.45) is 4.99 Å². The van der Waals surface area contributed by atoms with E-state index in [1.165, 1.54) is 0 Å². The molecule has 1 fully saturated rings. The molecule has 0 unspecified atom stereocenters. The smallest absolute Gasteiger partial charge is 0.256 e. The summed E-state index contributed by atoms with van der Waals surface area (Å²) in [6.45, 7) is 1.30. The Labute approximate surface area is 224 Å². The summed E-state index contributed by atoms with van der Waals surface area (Å²) in [5.74, 6) is 14.2. The van der Waals surface area contributed by atoms with Gasteiger partial charge in [0, 0.05) is 41.9 Å². The number of methoxy groups -OCH3 is 1. The van der Waals surface area contributed by atoms with Crippen LogP contribution in [0.25, 0.3) is 0 Å². The molecule has 0 N–H and O–H groups in total. The fraction of sp³-hybridized carbons (Fsp3) is 0.273. The minimum atomic E-state index is 0.0102. The number of fused-ring (bicyclic) bond motifs is 2. The molecule has 38 heavy (non-hydrogen) atoms. The zero-order valence-corrected chi connectivity index (χ0v) is 21.6. The Morgan fingerprint density at radius 1 is 0.947 bits per heavy atom. The number of ether oxygens (including phenoxy) is 2. The van der Waals surface area contributed by atoms with Crippen molar-refractivity contribution in [3.05, 3.63) is 89.0 Å². The molecule has 3 aromatic carbocycles. The molecule has 5 heteroatoms. The van der Waals surface area contributed by atoms with Crippen molar-refractivity contribution in [2.75, 3.05) is 20.3 Å². The van der Waals surface area contributed by atoms with Crippen molar-refractivity contribution in [2.45, 2.75) is 38.1 Å². The first-order chi connectivity index (χ1) is 18.7. The molecule has 2 aliphatic heterocycles. The minimum Gasteiger partial charge on any atom is -0.493 e. The first-order valence-electron chi connectivity index (χ1n) is 13.1. The molecule has 0 bridgehead atoms. The lowest BCUT2D eigenvalue weighted by molar-refractivity contribution is 0.0774.